The molecule has 1 atom stereocenters. The van der Waals surface area contributed by atoms with Gasteiger partial charge in [-0.15, -0.1) is 0 Å². The molecule has 2 aromatic rings. The van der Waals surface area contributed by atoms with Crippen LogP contribution in [0.1, 0.15) is 37.4 Å². The van der Waals surface area contributed by atoms with E-state index in [2.05, 4.69) is 20.6 Å². The SMILES string of the molecule is CC(=O)Nc1cnc(C2=CC[C@H](N(C)C(=O)Nc3cc(C(F)(F)F)cn(C)c3=O)CC2)cn1. The zero-order chi connectivity index (χ0) is 24.3. The van der Waals surface area contributed by atoms with Gasteiger partial charge in [0, 0.05) is 33.3 Å². The molecule has 1 aliphatic rings. The van der Waals surface area contributed by atoms with Gasteiger partial charge >= 0.3 is 12.2 Å². The average molecular weight is 464 g/mol. The lowest BCUT2D eigenvalue weighted by Crippen LogP contribution is -2.41. The minimum absolute atomic E-state index is 0.213. The Morgan fingerprint density at radius 2 is 1.94 bits per heavy atom. The fraction of sp³-hybridized carbons (Fsp3) is 0.381. The zero-order valence-electron chi connectivity index (χ0n) is 18.2. The Hall–Kier alpha value is -3.70. The van der Waals surface area contributed by atoms with Crippen LogP contribution in [0.2, 0.25) is 0 Å². The van der Waals surface area contributed by atoms with Crippen molar-refractivity contribution in [3.63, 3.8) is 0 Å². The number of nitrogens with one attached hydrogen (secondary N) is 2. The van der Waals surface area contributed by atoms with Crippen LogP contribution in [-0.4, -0.2) is 44.5 Å². The van der Waals surface area contributed by atoms with Crippen molar-refractivity contribution >= 4 is 29.0 Å². The van der Waals surface area contributed by atoms with Gasteiger partial charge in [-0.1, -0.05) is 6.08 Å². The van der Waals surface area contributed by atoms with Crippen LogP contribution in [0, 0.1) is 0 Å². The molecule has 0 spiro atoms. The molecule has 3 amide bonds. The monoisotopic (exact) mass is 464 g/mol. The number of anilines is 2. The highest BCUT2D eigenvalue weighted by Crippen LogP contribution is 2.30. The molecule has 0 unspecified atom stereocenters. The number of hydrogen-bond acceptors (Lipinski definition) is 5. The van der Waals surface area contributed by atoms with E-state index in [-0.39, 0.29) is 11.9 Å². The summed E-state index contributed by atoms with van der Waals surface area (Å²) in [6.07, 6.45) is 2.65. The molecule has 2 aromatic heterocycles. The first-order chi connectivity index (χ1) is 15.5. The third-order valence-corrected chi connectivity index (χ3v) is 5.29. The van der Waals surface area contributed by atoms with E-state index in [9.17, 15) is 27.6 Å². The summed E-state index contributed by atoms with van der Waals surface area (Å²) in [7, 11) is 2.72. The molecule has 1 aliphatic carbocycles. The second-order valence-corrected chi connectivity index (χ2v) is 7.72. The van der Waals surface area contributed by atoms with E-state index in [0.29, 0.717) is 43.0 Å². The first-order valence-corrected chi connectivity index (χ1v) is 10.1. The maximum Gasteiger partial charge on any atom is 0.417 e. The number of nitrogens with zero attached hydrogens (tertiary/aromatic N) is 4. The number of alkyl halides is 3. The van der Waals surface area contributed by atoms with Gasteiger partial charge in [0.25, 0.3) is 5.56 Å². The van der Waals surface area contributed by atoms with E-state index < -0.39 is 29.0 Å². The lowest BCUT2D eigenvalue weighted by molar-refractivity contribution is -0.138. The highest BCUT2D eigenvalue weighted by atomic mass is 19.4. The van der Waals surface area contributed by atoms with Gasteiger partial charge < -0.3 is 20.1 Å². The number of urea groups is 1. The standard InChI is InChI=1S/C21H23F3N6O3/c1-12(31)27-18-10-25-17(9-26-18)13-4-6-15(7-5-13)30(3)20(33)28-16-8-14(21(22,23)24)11-29(2)19(16)32/h4,8-11,15H,5-7H2,1-3H3,(H,28,33)(H,26,27,31)/t15-/m0/s1. The summed E-state index contributed by atoms with van der Waals surface area (Å²) in [6, 6.07) is -0.251. The van der Waals surface area contributed by atoms with E-state index in [1.807, 2.05) is 6.08 Å². The summed E-state index contributed by atoms with van der Waals surface area (Å²) in [4.78, 5) is 45.7. The maximum absolute atomic E-state index is 13.0. The Labute approximate surface area is 187 Å². The minimum atomic E-state index is -4.65. The molecule has 0 fully saturated rings. The topological polar surface area (TPSA) is 109 Å². The fourth-order valence-electron chi connectivity index (χ4n) is 3.47. The second-order valence-electron chi connectivity index (χ2n) is 7.72. The number of aromatic nitrogens is 3. The smallest absolute Gasteiger partial charge is 0.324 e. The third kappa shape index (κ3) is 5.76. The van der Waals surface area contributed by atoms with E-state index in [0.717, 1.165) is 10.1 Å². The minimum Gasteiger partial charge on any atom is -0.324 e. The largest absolute Gasteiger partial charge is 0.417 e. The summed E-state index contributed by atoms with van der Waals surface area (Å²) in [5.74, 6) is 0.0961. The van der Waals surface area contributed by atoms with Crippen LogP contribution < -0.4 is 16.2 Å². The number of carbonyl (C=O) groups excluding carboxylic acids is 2. The van der Waals surface area contributed by atoms with Crippen molar-refractivity contribution in [3.05, 3.63) is 52.3 Å². The molecule has 0 aliphatic heterocycles. The molecular weight excluding hydrogens is 441 g/mol. The maximum atomic E-state index is 13.0. The molecule has 2 N–H and O–H groups in total. The van der Waals surface area contributed by atoms with E-state index in [1.165, 1.54) is 32.1 Å². The highest BCUT2D eigenvalue weighted by molar-refractivity contribution is 5.89. The predicted octanol–water partition coefficient (Wildman–Crippen LogP) is 3.25. The van der Waals surface area contributed by atoms with E-state index in [1.54, 1.807) is 6.20 Å². The molecule has 0 bridgehead atoms. The van der Waals surface area contributed by atoms with Gasteiger partial charge in [0.05, 0.1) is 23.7 Å². The number of pyridine rings is 1. The third-order valence-electron chi connectivity index (χ3n) is 5.29. The van der Waals surface area contributed by atoms with Crippen molar-refractivity contribution in [3.8, 4) is 0 Å². The van der Waals surface area contributed by atoms with Crippen molar-refractivity contribution in [2.75, 3.05) is 17.7 Å². The van der Waals surface area contributed by atoms with Gasteiger partial charge in [-0.2, -0.15) is 13.2 Å². The lowest BCUT2D eigenvalue weighted by Gasteiger charge is -2.30. The lowest BCUT2D eigenvalue weighted by atomic mass is 9.93. The van der Waals surface area contributed by atoms with Crippen LogP contribution >= 0.6 is 0 Å². The van der Waals surface area contributed by atoms with Gasteiger partial charge in [0.1, 0.15) is 5.69 Å². The molecule has 33 heavy (non-hydrogen) atoms. The fourth-order valence-corrected chi connectivity index (χ4v) is 3.47. The molecule has 2 heterocycles. The van der Waals surface area contributed by atoms with Gasteiger partial charge in [0.15, 0.2) is 5.82 Å². The Morgan fingerprint density at radius 3 is 2.48 bits per heavy atom. The molecule has 0 saturated heterocycles. The van der Waals surface area contributed by atoms with Gasteiger partial charge in [-0.25, -0.2) is 9.78 Å². The van der Waals surface area contributed by atoms with Crippen molar-refractivity contribution in [1.29, 1.82) is 0 Å². The van der Waals surface area contributed by atoms with Crippen molar-refractivity contribution in [2.24, 2.45) is 7.05 Å². The quantitative estimate of drug-likeness (QED) is 0.722. The first kappa shape index (κ1) is 24.0. The Kier molecular flexibility index (Phi) is 6.84. The van der Waals surface area contributed by atoms with E-state index in [4.69, 9.17) is 0 Å². The Balaban J connectivity index is 1.67. The predicted molar refractivity (Wildman–Crippen MR) is 115 cm³/mol. The van der Waals surface area contributed by atoms with Crippen molar-refractivity contribution in [2.45, 2.75) is 38.4 Å². The summed E-state index contributed by atoms with van der Waals surface area (Å²) in [6.45, 7) is 1.37. The van der Waals surface area contributed by atoms with Gasteiger partial charge in [0.2, 0.25) is 5.91 Å². The number of hydrogen-bond donors (Lipinski definition) is 2. The molecule has 0 aromatic carbocycles. The van der Waals surface area contributed by atoms with Crippen LogP contribution in [-0.2, 0) is 18.0 Å². The number of carbonyl (C=O) groups is 2. The van der Waals surface area contributed by atoms with Crippen LogP contribution in [0.5, 0.6) is 0 Å². The summed E-state index contributed by atoms with van der Waals surface area (Å²) in [5, 5.41) is 4.84. The van der Waals surface area contributed by atoms with Gasteiger partial charge in [-0.05, 0) is 30.9 Å². The molecule has 9 nitrogen and oxygen atoms in total. The van der Waals surface area contributed by atoms with Crippen LogP contribution in [0.3, 0.4) is 0 Å². The number of rotatable bonds is 4. The van der Waals surface area contributed by atoms with Crippen LogP contribution in [0.4, 0.5) is 29.5 Å². The number of halogens is 3. The zero-order valence-corrected chi connectivity index (χ0v) is 18.2. The van der Waals surface area contributed by atoms with E-state index >= 15 is 0 Å². The average Bonchev–Trinajstić information content (AvgIpc) is 2.75. The van der Waals surface area contributed by atoms with Crippen LogP contribution in [0.25, 0.3) is 5.57 Å². The molecule has 12 heteroatoms. The van der Waals surface area contributed by atoms with Crippen molar-refractivity contribution < 1.29 is 22.8 Å². The Bertz CT molecular complexity index is 1140. The second kappa shape index (κ2) is 9.43. The first-order valence-electron chi connectivity index (χ1n) is 10.1. The molecule has 176 valence electrons. The highest BCUT2D eigenvalue weighted by Gasteiger charge is 2.32. The Morgan fingerprint density at radius 1 is 1.21 bits per heavy atom. The normalized spacial score (nSPS) is 16.1. The van der Waals surface area contributed by atoms with Crippen LogP contribution in [0.15, 0.2) is 35.5 Å². The summed E-state index contributed by atoms with van der Waals surface area (Å²) >= 11 is 0. The van der Waals surface area contributed by atoms with Crippen molar-refractivity contribution in [1.82, 2.24) is 19.4 Å². The molecule has 0 radical (unpaired) electrons. The number of aryl methyl sites for hydroxylation is 1. The molecule has 3 rings (SSSR count). The molecule has 0 saturated carbocycles. The molecular formula is C21H23F3N6O3. The number of allylic oxidation sites excluding steroid dienone is 1. The number of amides is 3. The van der Waals surface area contributed by atoms with Gasteiger partial charge in [-0.3, -0.25) is 14.6 Å². The summed E-state index contributed by atoms with van der Waals surface area (Å²) < 4.78 is 39.9. The summed E-state index contributed by atoms with van der Waals surface area (Å²) in [5.41, 5.74) is -0.614.